The Hall–Kier alpha value is -2.59. The summed E-state index contributed by atoms with van der Waals surface area (Å²) in [4.78, 5) is 15.5. The average Bonchev–Trinajstić information content (AvgIpc) is 2.89. The summed E-state index contributed by atoms with van der Waals surface area (Å²) in [7, 11) is 0. The third kappa shape index (κ3) is 3.19. The van der Waals surface area contributed by atoms with Crippen molar-refractivity contribution < 1.29 is 4.79 Å². The van der Waals surface area contributed by atoms with Crippen molar-refractivity contribution in [3.63, 3.8) is 0 Å². The number of hydrogen-bond acceptors (Lipinski definition) is 2. The van der Waals surface area contributed by atoms with Crippen molar-refractivity contribution in [1.82, 2.24) is 10.4 Å². The minimum atomic E-state index is -0.272. The van der Waals surface area contributed by atoms with Gasteiger partial charge in [0.25, 0.3) is 5.91 Å². The van der Waals surface area contributed by atoms with Gasteiger partial charge in [-0.1, -0.05) is 41.4 Å². The molecule has 0 atom stereocenters. The molecule has 0 aliphatic rings. The maximum Gasteiger partial charge on any atom is 0.288 e. The number of halogens is 1. The van der Waals surface area contributed by atoms with Crippen LogP contribution in [0.3, 0.4) is 0 Å². The number of carbonyl (C=O) groups excluding carboxylic acids is 1. The number of nitrogens with zero attached hydrogens (tertiary/aromatic N) is 1. The molecule has 122 valence electrons. The molecule has 1 aromatic heterocycles. The highest BCUT2D eigenvalue weighted by molar-refractivity contribution is 6.31. The van der Waals surface area contributed by atoms with Gasteiger partial charge in [0, 0.05) is 15.9 Å². The van der Waals surface area contributed by atoms with Gasteiger partial charge in [0.05, 0.1) is 5.71 Å². The Morgan fingerprint density at radius 1 is 1.12 bits per heavy atom. The van der Waals surface area contributed by atoms with Gasteiger partial charge in [-0.05, 0) is 50.1 Å². The normalized spacial score (nSPS) is 11.8. The number of aromatic amines is 1. The fraction of sp³-hybridized carbons (Fsp3) is 0.158. The molecule has 0 aliphatic carbocycles. The first-order chi connectivity index (χ1) is 11.5. The first-order valence-corrected chi connectivity index (χ1v) is 8.03. The van der Waals surface area contributed by atoms with Crippen LogP contribution in [-0.4, -0.2) is 16.6 Å². The minimum Gasteiger partial charge on any atom is -0.350 e. The molecule has 3 rings (SSSR count). The summed E-state index contributed by atoms with van der Waals surface area (Å²) in [5.74, 6) is -0.272. The van der Waals surface area contributed by atoms with Crippen LogP contribution in [0.15, 0.2) is 47.6 Å². The molecule has 2 aromatic carbocycles. The molecule has 0 fully saturated rings. The van der Waals surface area contributed by atoms with Gasteiger partial charge in [0.2, 0.25) is 0 Å². The van der Waals surface area contributed by atoms with Crippen LogP contribution in [0.25, 0.3) is 10.9 Å². The van der Waals surface area contributed by atoms with Crippen molar-refractivity contribution >= 4 is 34.1 Å². The number of carbonyl (C=O) groups is 1. The SMILES string of the molecule is CC(=NNC(=O)c1[nH]c2ccc(Cl)cc2c1C)c1ccc(C)cc1. The Kier molecular flexibility index (Phi) is 4.40. The Morgan fingerprint density at radius 3 is 2.54 bits per heavy atom. The van der Waals surface area contributed by atoms with E-state index < -0.39 is 0 Å². The number of amides is 1. The van der Waals surface area contributed by atoms with Gasteiger partial charge in [-0.15, -0.1) is 0 Å². The van der Waals surface area contributed by atoms with Crippen LogP contribution >= 0.6 is 11.6 Å². The van der Waals surface area contributed by atoms with Crippen molar-refractivity contribution in [3.8, 4) is 0 Å². The van der Waals surface area contributed by atoms with E-state index in [0.717, 1.165) is 27.7 Å². The summed E-state index contributed by atoms with van der Waals surface area (Å²) in [6.07, 6.45) is 0. The molecular weight excluding hydrogens is 322 g/mol. The summed E-state index contributed by atoms with van der Waals surface area (Å²) >= 11 is 6.02. The fourth-order valence-corrected chi connectivity index (χ4v) is 2.75. The monoisotopic (exact) mass is 339 g/mol. The number of fused-ring (bicyclic) bond motifs is 1. The van der Waals surface area contributed by atoms with Gasteiger partial charge in [-0.25, -0.2) is 5.43 Å². The Balaban J connectivity index is 1.83. The number of hydrogen-bond donors (Lipinski definition) is 2. The van der Waals surface area contributed by atoms with Gasteiger partial charge in [0.15, 0.2) is 0 Å². The van der Waals surface area contributed by atoms with Crippen molar-refractivity contribution in [3.05, 3.63) is 69.9 Å². The summed E-state index contributed by atoms with van der Waals surface area (Å²) in [6.45, 7) is 5.78. The molecular formula is C19H18ClN3O. The zero-order chi connectivity index (χ0) is 17.3. The number of aryl methyl sites for hydroxylation is 2. The molecule has 2 N–H and O–H groups in total. The maximum atomic E-state index is 12.4. The highest BCUT2D eigenvalue weighted by Gasteiger charge is 2.14. The molecule has 24 heavy (non-hydrogen) atoms. The number of aromatic nitrogens is 1. The second-order valence-corrected chi connectivity index (χ2v) is 6.26. The van der Waals surface area contributed by atoms with Crippen LogP contribution in [0.5, 0.6) is 0 Å². The highest BCUT2D eigenvalue weighted by atomic mass is 35.5. The standard InChI is InChI=1S/C19H18ClN3O/c1-11-4-6-14(7-5-11)13(3)22-23-19(24)18-12(2)16-10-15(20)8-9-17(16)21-18/h4-10,21H,1-3H3,(H,23,24). The first kappa shape index (κ1) is 16.3. The molecule has 1 amide bonds. The van der Waals surface area contributed by atoms with Gasteiger partial charge in [-0.3, -0.25) is 4.79 Å². The Labute approximate surface area is 145 Å². The Morgan fingerprint density at radius 2 is 1.83 bits per heavy atom. The van der Waals surface area contributed by atoms with Crippen molar-refractivity contribution in [1.29, 1.82) is 0 Å². The third-order valence-corrected chi connectivity index (χ3v) is 4.28. The lowest BCUT2D eigenvalue weighted by Gasteiger charge is -2.03. The molecule has 3 aromatic rings. The largest absolute Gasteiger partial charge is 0.350 e. The lowest BCUT2D eigenvalue weighted by Crippen LogP contribution is -2.20. The van der Waals surface area contributed by atoms with E-state index in [-0.39, 0.29) is 5.91 Å². The van der Waals surface area contributed by atoms with Crippen LogP contribution in [-0.2, 0) is 0 Å². The minimum absolute atomic E-state index is 0.272. The second kappa shape index (κ2) is 6.49. The van der Waals surface area contributed by atoms with Crippen LogP contribution < -0.4 is 5.43 Å². The summed E-state index contributed by atoms with van der Waals surface area (Å²) in [6, 6.07) is 13.5. The van der Waals surface area contributed by atoms with Crippen molar-refractivity contribution in [2.75, 3.05) is 0 Å². The lowest BCUT2D eigenvalue weighted by molar-refractivity contribution is 0.0950. The predicted octanol–water partition coefficient (Wildman–Crippen LogP) is 4.59. The van der Waals surface area contributed by atoms with Crippen LogP contribution in [0.4, 0.5) is 0 Å². The molecule has 0 spiro atoms. The van der Waals surface area contributed by atoms with Crippen molar-refractivity contribution in [2.24, 2.45) is 5.10 Å². The lowest BCUT2D eigenvalue weighted by atomic mass is 10.1. The van der Waals surface area contributed by atoms with E-state index >= 15 is 0 Å². The molecule has 0 unspecified atom stereocenters. The quantitative estimate of drug-likeness (QED) is 0.532. The van der Waals surface area contributed by atoms with Gasteiger partial charge in [0.1, 0.15) is 5.69 Å². The number of H-pyrrole nitrogens is 1. The number of benzene rings is 2. The topological polar surface area (TPSA) is 57.2 Å². The number of nitrogens with one attached hydrogen (secondary N) is 2. The Bertz CT molecular complexity index is 939. The molecule has 5 heteroatoms. The van der Waals surface area contributed by atoms with E-state index in [4.69, 9.17) is 11.6 Å². The van der Waals surface area contributed by atoms with E-state index in [2.05, 4.69) is 15.5 Å². The average molecular weight is 340 g/mol. The molecule has 0 radical (unpaired) electrons. The van der Waals surface area contributed by atoms with E-state index in [0.29, 0.717) is 10.7 Å². The molecule has 0 aliphatic heterocycles. The molecule has 4 nitrogen and oxygen atoms in total. The molecule has 0 saturated heterocycles. The predicted molar refractivity (Wildman–Crippen MR) is 98.9 cm³/mol. The van der Waals surface area contributed by atoms with E-state index in [9.17, 15) is 4.79 Å². The van der Waals surface area contributed by atoms with Crippen LogP contribution in [0.2, 0.25) is 5.02 Å². The summed E-state index contributed by atoms with van der Waals surface area (Å²) in [5.41, 5.74) is 7.74. The zero-order valence-corrected chi connectivity index (χ0v) is 14.5. The van der Waals surface area contributed by atoms with E-state index in [1.165, 1.54) is 5.56 Å². The summed E-state index contributed by atoms with van der Waals surface area (Å²) < 4.78 is 0. The van der Waals surface area contributed by atoms with Gasteiger partial charge < -0.3 is 4.98 Å². The van der Waals surface area contributed by atoms with E-state index in [1.807, 2.05) is 57.2 Å². The second-order valence-electron chi connectivity index (χ2n) is 5.82. The molecule has 0 saturated carbocycles. The van der Waals surface area contributed by atoms with Crippen molar-refractivity contribution in [2.45, 2.75) is 20.8 Å². The van der Waals surface area contributed by atoms with E-state index in [1.54, 1.807) is 6.07 Å². The van der Waals surface area contributed by atoms with Crippen LogP contribution in [0, 0.1) is 13.8 Å². The summed E-state index contributed by atoms with van der Waals surface area (Å²) in [5, 5.41) is 5.78. The first-order valence-electron chi connectivity index (χ1n) is 7.65. The fourth-order valence-electron chi connectivity index (χ4n) is 2.58. The zero-order valence-electron chi connectivity index (χ0n) is 13.8. The van der Waals surface area contributed by atoms with Gasteiger partial charge >= 0.3 is 0 Å². The highest BCUT2D eigenvalue weighted by Crippen LogP contribution is 2.24. The number of rotatable bonds is 3. The van der Waals surface area contributed by atoms with Crippen LogP contribution in [0.1, 0.15) is 34.1 Å². The number of hydrazone groups is 1. The molecule has 0 bridgehead atoms. The smallest absolute Gasteiger partial charge is 0.288 e. The molecule has 1 heterocycles. The maximum absolute atomic E-state index is 12.4. The third-order valence-electron chi connectivity index (χ3n) is 4.04. The van der Waals surface area contributed by atoms with Gasteiger partial charge in [-0.2, -0.15) is 5.10 Å².